The maximum atomic E-state index is 10.7. The molecule has 0 radical (unpaired) electrons. The first-order valence-corrected chi connectivity index (χ1v) is 5.10. The van der Waals surface area contributed by atoms with Crippen LogP contribution in [0.2, 0.25) is 0 Å². The Kier molecular flexibility index (Phi) is 4.87. The number of aromatic carboxylic acids is 1. The first kappa shape index (κ1) is 12.1. The second kappa shape index (κ2) is 6.46. The van der Waals surface area contributed by atoms with Gasteiger partial charge in [-0.1, -0.05) is 0 Å². The summed E-state index contributed by atoms with van der Waals surface area (Å²) in [7, 11) is 0. The van der Waals surface area contributed by atoms with Crippen molar-refractivity contribution < 1.29 is 9.90 Å². The van der Waals surface area contributed by atoms with Gasteiger partial charge in [0.25, 0.3) is 0 Å². The summed E-state index contributed by atoms with van der Waals surface area (Å²) in [4.78, 5) is 14.4. The van der Waals surface area contributed by atoms with Crippen LogP contribution < -0.4 is 5.32 Å². The van der Waals surface area contributed by atoms with E-state index in [9.17, 15) is 4.79 Å². The summed E-state index contributed by atoms with van der Waals surface area (Å²) in [5.74, 6) is 1.56. The Labute approximate surface area is 94.7 Å². The Bertz CT molecular complexity index is 396. The van der Waals surface area contributed by atoms with Crippen LogP contribution >= 0.6 is 0 Å². The first-order valence-electron chi connectivity index (χ1n) is 5.10. The van der Waals surface area contributed by atoms with Gasteiger partial charge in [-0.15, -0.1) is 12.3 Å². The van der Waals surface area contributed by atoms with Gasteiger partial charge in [0.2, 0.25) is 0 Å². The number of hydrogen-bond donors (Lipinski definition) is 2. The third kappa shape index (κ3) is 4.01. The van der Waals surface area contributed by atoms with Crippen LogP contribution in [0.3, 0.4) is 0 Å². The van der Waals surface area contributed by atoms with E-state index in [0.717, 1.165) is 31.5 Å². The van der Waals surface area contributed by atoms with Crippen LogP contribution in [-0.2, 0) is 0 Å². The number of aromatic nitrogens is 1. The van der Waals surface area contributed by atoms with Gasteiger partial charge in [0.05, 0.1) is 0 Å². The maximum Gasteiger partial charge on any atom is 0.354 e. The Hall–Kier alpha value is -2.02. The number of terminal acetylenes is 1. The van der Waals surface area contributed by atoms with E-state index in [-0.39, 0.29) is 5.69 Å². The predicted molar refractivity (Wildman–Crippen MR) is 62.4 cm³/mol. The molecule has 1 rings (SSSR count). The zero-order chi connectivity index (χ0) is 11.8. The van der Waals surface area contributed by atoms with Crippen molar-refractivity contribution in [3.05, 3.63) is 24.0 Å². The standard InChI is InChI=1S/C12H14N2O2/c1-2-3-4-5-7-13-10-6-8-14-11(9-10)12(15)16/h1,6,8-9H,3-5,7H2,(H,13,14)(H,15,16). The Morgan fingerprint density at radius 3 is 3.06 bits per heavy atom. The van der Waals surface area contributed by atoms with Gasteiger partial charge in [-0.3, -0.25) is 0 Å². The number of nitrogens with one attached hydrogen (secondary N) is 1. The molecule has 0 aliphatic carbocycles. The fraction of sp³-hybridized carbons (Fsp3) is 0.333. The molecule has 0 aromatic carbocycles. The predicted octanol–water partition coefficient (Wildman–Crippen LogP) is 2.00. The van der Waals surface area contributed by atoms with E-state index in [1.807, 2.05) is 0 Å². The molecule has 0 saturated carbocycles. The molecule has 0 atom stereocenters. The summed E-state index contributed by atoms with van der Waals surface area (Å²) in [6.07, 6.45) is 9.33. The molecule has 2 N–H and O–H groups in total. The molecular weight excluding hydrogens is 204 g/mol. The molecule has 0 aliphatic heterocycles. The summed E-state index contributed by atoms with van der Waals surface area (Å²) < 4.78 is 0. The molecule has 1 aromatic rings. The van der Waals surface area contributed by atoms with Gasteiger partial charge in [0.15, 0.2) is 0 Å². The minimum absolute atomic E-state index is 0.0497. The number of pyridine rings is 1. The second-order valence-electron chi connectivity index (χ2n) is 3.32. The van der Waals surface area contributed by atoms with Gasteiger partial charge in [-0.25, -0.2) is 9.78 Å². The zero-order valence-corrected chi connectivity index (χ0v) is 8.94. The minimum atomic E-state index is -1.02. The van der Waals surface area contributed by atoms with Crippen LogP contribution in [0, 0.1) is 12.3 Å². The molecule has 0 amide bonds. The number of anilines is 1. The molecular formula is C12H14N2O2. The van der Waals surface area contributed by atoms with Gasteiger partial charge in [-0.05, 0) is 25.0 Å². The Morgan fingerprint density at radius 1 is 1.56 bits per heavy atom. The smallest absolute Gasteiger partial charge is 0.354 e. The number of carboxylic acids is 1. The van der Waals surface area contributed by atoms with E-state index in [4.69, 9.17) is 11.5 Å². The average molecular weight is 218 g/mol. The number of unbranched alkanes of at least 4 members (excludes halogenated alkanes) is 2. The van der Waals surface area contributed by atoms with Crippen molar-refractivity contribution in [2.75, 3.05) is 11.9 Å². The Balaban J connectivity index is 2.39. The second-order valence-corrected chi connectivity index (χ2v) is 3.32. The number of carbonyl (C=O) groups is 1. The fourth-order valence-electron chi connectivity index (χ4n) is 1.24. The molecule has 4 nitrogen and oxygen atoms in total. The maximum absolute atomic E-state index is 10.7. The zero-order valence-electron chi connectivity index (χ0n) is 8.94. The van der Waals surface area contributed by atoms with E-state index in [2.05, 4.69) is 16.2 Å². The molecule has 0 unspecified atom stereocenters. The summed E-state index contributed by atoms with van der Waals surface area (Å²) in [5.41, 5.74) is 0.821. The summed E-state index contributed by atoms with van der Waals surface area (Å²) in [6, 6.07) is 3.26. The highest BCUT2D eigenvalue weighted by atomic mass is 16.4. The molecule has 84 valence electrons. The molecule has 0 bridgehead atoms. The molecule has 1 heterocycles. The average Bonchev–Trinajstić information content (AvgIpc) is 2.29. The van der Waals surface area contributed by atoms with E-state index < -0.39 is 5.97 Å². The van der Waals surface area contributed by atoms with Crippen molar-refractivity contribution in [3.8, 4) is 12.3 Å². The highest BCUT2D eigenvalue weighted by Gasteiger charge is 2.03. The van der Waals surface area contributed by atoms with Crippen LogP contribution in [0.25, 0.3) is 0 Å². The fourth-order valence-corrected chi connectivity index (χ4v) is 1.24. The van der Waals surface area contributed by atoms with Gasteiger partial charge >= 0.3 is 5.97 Å². The van der Waals surface area contributed by atoms with Crippen molar-refractivity contribution in [2.24, 2.45) is 0 Å². The van der Waals surface area contributed by atoms with Crippen LogP contribution in [0.1, 0.15) is 29.8 Å². The summed E-state index contributed by atoms with van der Waals surface area (Å²) in [6.45, 7) is 0.782. The van der Waals surface area contributed by atoms with Crippen LogP contribution in [-0.4, -0.2) is 22.6 Å². The van der Waals surface area contributed by atoms with Crippen molar-refractivity contribution in [1.29, 1.82) is 0 Å². The summed E-state index contributed by atoms with van der Waals surface area (Å²) in [5, 5.41) is 11.9. The number of carboxylic acid groups (broad SMARTS) is 1. The van der Waals surface area contributed by atoms with Crippen molar-refractivity contribution in [1.82, 2.24) is 4.98 Å². The lowest BCUT2D eigenvalue weighted by molar-refractivity contribution is 0.0690. The quantitative estimate of drug-likeness (QED) is 0.566. The highest BCUT2D eigenvalue weighted by molar-refractivity contribution is 5.86. The molecule has 0 aliphatic rings. The molecule has 0 spiro atoms. The molecule has 1 aromatic heterocycles. The third-order valence-electron chi connectivity index (χ3n) is 2.06. The number of rotatable bonds is 6. The SMILES string of the molecule is C#CCCCCNc1ccnc(C(=O)O)c1. The van der Waals surface area contributed by atoms with Gasteiger partial charge in [0, 0.05) is 24.8 Å². The van der Waals surface area contributed by atoms with Crippen molar-refractivity contribution in [3.63, 3.8) is 0 Å². The van der Waals surface area contributed by atoms with E-state index in [1.165, 1.54) is 12.3 Å². The molecule has 4 heteroatoms. The minimum Gasteiger partial charge on any atom is -0.477 e. The highest BCUT2D eigenvalue weighted by Crippen LogP contribution is 2.08. The Morgan fingerprint density at radius 2 is 2.38 bits per heavy atom. The third-order valence-corrected chi connectivity index (χ3v) is 2.06. The molecule has 0 saturated heterocycles. The van der Waals surface area contributed by atoms with Gasteiger partial charge in [0.1, 0.15) is 5.69 Å². The summed E-state index contributed by atoms with van der Waals surface area (Å²) >= 11 is 0. The number of hydrogen-bond acceptors (Lipinski definition) is 3. The monoisotopic (exact) mass is 218 g/mol. The van der Waals surface area contributed by atoms with Crippen molar-refractivity contribution >= 4 is 11.7 Å². The van der Waals surface area contributed by atoms with Crippen LogP contribution in [0.4, 0.5) is 5.69 Å². The lowest BCUT2D eigenvalue weighted by atomic mass is 10.2. The topological polar surface area (TPSA) is 62.2 Å². The molecule has 16 heavy (non-hydrogen) atoms. The van der Waals surface area contributed by atoms with Gasteiger partial charge in [-0.2, -0.15) is 0 Å². The first-order chi connectivity index (χ1) is 7.74. The van der Waals surface area contributed by atoms with E-state index in [1.54, 1.807) is 6.07 Å². The lowest BCUT2D eigenvalue weighted by Crippen LogP contribution is -2.04. The van der Waals surface area contributed by atoms with E-state index in [0.29, 0.717) is 0 Å². The van der Waals surface area contributed by atoms with Crippen LogP contribution in [0.5, 0.6) is 0 Å². The number of nitrogens with zero attached hydrogens (tertiary/aromatic N) is 1. The van der Waals surface area contributed by atoms with Gasteiger partial charge < -0.3 is 10.4 Å². The normalized spacial score (nSPS) is 9.44. The largest absolute Gasteiger partial charge is 0.477 e. The lowest BCUT2D eigenvalue weighted by Gasteiger charge is -2.05. The molecule has 0 fully saturated rings. The van der Waals surface area contributed by atoms with Crippen molar-refractivity contribution in [2.45, 2.75) is 19.3 Å². The van der Waals surface area contributed by atoms with E-state index >= 15 is 0 Å². The van der Waals surface area contributed by atoms with Crippen LogP contribution in [0.15, 0.2) is 18.3 Å².